The summed E-state index contributed by atoms with van der Waals surface area (Å²) in [4.78, 5) is 13.7. The standard InChI is InChI=1S/C20H23FN2O3/c21-15-3-1-14(2-4-15)20(22)18(12-24)23-9-7-13(8-10-23)17-6-5-16(25)11-19(17)26/h1-6,11-13,18,20,25-26H,7-10,22H2. The molecule has 5 nitrogen and oxygen atoms in total. The van der Waals surface area contributed by atoms with Gasteiger partial charge in [0.1, 0.15) is 23.6 Å². The largest absolute Gasteiger partial charge is 0.508 e. The lowest BCUT2D eigenvalue weighted by Crippen LogP contribution is -2.47. The Hall–Kier alpha value is -2.44. The Morgan fingerprint density at radius 1 is 1.12 bits per heavy atom. The van der Waals surface area contributed by atoms with Crippen LogP contribution in [0.25, 0.3) is 0 Å². The fourth-order valence-electron chi connectivity index (χ4n) is 3.67. The molecule has 1 saturated heterocycles. The minimum atomic E-state index is -0.522. The Kier molecular flexibility index (Phi) is 5.54. The number of likely N-dealkylation sites (tertiary alicyclic amines) is 1. The molecular weight excluding hydrogens is 335 g/mol. The van der Waals surface area contributed by atoms with Gasteiger partial charge in [-0.15, -0.1) is 0 Å². The highest BCUT2D eigenvalue weighted by atomic mass is 19.1. The highest BCUT2D eigenvalue weighted by Gasteiger charge is 2.30. The monoisotopic (exact) mass is 358 g/mol. The van der Waals surface area contributed by atoms with Gasteiger partial charge in [-0.1, -0.05) is 18.2 Å². The lowest BCUT2D eigenvalue weighted by Gasteiger charge is -2.37. The molecule has 4 N–H and O–H groups in total. The second-order valence-corrected chi connectivity index (χ2v) is 6.76. The highest BCUT2D eigenvalue weighted by molar-refractivity contribution is 5.60. The van der Waals surface area contributed by atoms with Gasteiger partial charge in [0.25, 0.3) is 0 Å². The number of benzene rings is 2. The van der Waals surface area contributed by atoms with Crippen molar-refractivity contribution in [2.45, 2.75) is 30.8 Å². The molecular formula is C20H23FN2O3. The van der Waals surface area contributed by atoms with Crippen LogP contribution in [-0.4, -0.2) is 40.5 Å². The summed E-state index contributed by atoms with van der Waals surface area (Å²) in [6.45, 7) is 1.34. The van der Waals surface area contributed by atoms with Gasteiger partial charge in [0, 0.05) is 6.07 Å². The number of aldehydes is 1. The maximum absolute atomic E-state index is 13.1. The first-order valence-corrected chi connectivity index (χ1v) is 8.72. The molecule has 2 unspecified atom stereocenters. The summed E-state index contributed by atoms with van der Waals surface area (Å²) in [5.41, 5.74) is 7.79. The number of rotatable bonds is 5. The van der Waals surface area contributed by atoms with E-state index in [9.17, 15) is 19.4 Å². The van der Waals surface area contributed by atoms with Crippen LogP contribution in [0.1, 0.15) is 35.9 Å². The number of nitrogens with zero attached hydrogens (tertiary/aromatic N) is 1. The predicted octanol–water partition coefficient (Wildman–Crippen LogP) is 2.68. The first kappa shape index (κ1) is 18.4. The number of piperidine rings is 1. The molecule has 0 radical (unpaired) electrons. The summed E-state index contributed by atoms with van der Waals surface area (Å²) in [6.07, 6.45) is 2.41. The lowest BCUT2D eigenvalue weighted by molar-refractivity contribution is -0.113. The topological polar surface area (TPSA) is 86.8 Å². The quantitative estimate of drug-likeness (QED) is 0.716. The maximum Gasteiger partial charge on any atom is 0.139 e. The molecule has 1 fully saturated rings. The van der Waals surface area contributed by atoms with Crippen molar-refractivity contribution in [2.75, 3.05) is 13.1 Å². The zero-order valence-electron chi connectivity index (χ0n) is 14.4. The molecule has 1 aliphatic rings. The van der Waals surface area contributed by atoms with Crippen molar-refractivity contribution in [1.29, 1.82) is 0 Å². The Morgan fingerprint density at radius 3 is 2.35 bits per heavy atom. The molecule has 1 aliphatic heterocycles. The number of carbonyl (C=O) groups is 1. The van der Waals surface area contributed by atoms with Crippen molar-refractivity contribution in [2.24, 2.45) is 5.73 Å². The van der Waals surface area contributed by atoms with Crippen LogP contribution in [0.15, 0.2) is 42.5 Å². The van der Waals surface area contributed by atoms with Crippen LogP contribution in [0.3, 0.4) is 0 Å². The van der Waals surface area contributed by atoms with Crippen LogP contribution in [0, 0.1) is 5.82 Å². The Bertz CT molecular complexity index is 758. The van der Waals surface area contributed by atoms with Crippen LogP contribution < -0.4 is 5.73 Å². The van der Waals surface area contributed by atoms with E-state index in [-0.39, 0.29) is 23.2 Å². The smallest absolute Gasteiger partial charge is 0.139 e. The van der Waals surface area contributed by atoms with Crippen LogP contribution in [0.2, 0.25) is 0 Å². The van der Waals surface area contributed by atoms with Gasteiger partial charge in [0.2, 0.25) is 0 Å². The van der Waals surface area contributed by atoms with Crippen LogP contribution in [-0.2, 0) is 4.79 Å². The van der Waals surface area contributed by atoms with E-state index < -0.39 is 12.1 Å². The molecule has 1 heterocycles. The number of hydrogen-bond donors (Lipinski definition) is 3. The third-order valence-electron chi connectivity index (χ3n) is 5.17. The second kappa shape index (κ2) is 7.85. The van der Waals surface area contributed by atoms with Crippen LogP contribution in [0.5, 0.6) is 11.5 Å². The van der Waals surface area contributed by atoms with Crippen molar-refractivity contribution in [3.05, 3.63) is 59.4 Å². The molecule has 3 rings (SSSR count). The zero-order valence-corrected chi connectivity index (χ0v) is 14.4. The minimum absolute atomic E-state index is 0.0370. The number of halogens is 1. The average molecular weight is 358 g/mol. The number of phenolic OH excluding ortho intramolecular Hbond substituents is 2. The number of aromatic hydroxyl groups is 2. The van der Waals surface area contributed by atoms with E-state index in [0.717, 1.165) is 30.3 Å². The second-order valence-electron chi connectivity index (χ2n) is 6.76. The van der Waals surface area contributed by atoms with Gasteiger partial charge in [0.15, 0.2) is 0 Å². The third kappa shape index (κ3) is 3.86. The van der Waals surface area contributed by atoms with E-state index in [0.29, 0.717) is 13.1 Å². The SMILES string of the molecule is NC(c1ccc(F)cc1)C(C=O)N1CCC(c2ccc(O)cc2O)CC1. The van der Waals surface area contributed by atoms with Crippen molar-refractivity contribution in [3.8, 4) is 11.5 Å². The number of nitrogens with two attached hydrogens (primary N) is 1. The predicted molar refractivity (Wildman–Crippen MR) is 96.5 cm³/mol. The van der Waals surface area contributed by atoms with Crippen LogP contribution in [0.4, 0.5) is 4.39 Å². The molecule has 0 saturated carbocycles. The third-order valence-corrected chi connectivity index (χ3v) is 5.17. The molecule has 0 spiro atoms. The molecule has 0 aliphatic carbocycles. The molecule has 2 atom stereocenters. The summed E-state index contributed by atoms with van der Waals surface area (Å²) in [7, 11) is 0. The van der Waals surface area contributed by atoms with E-state index in [1.807, 2.05) is 4.90 Å². The van der Waals surface area contributed by atoms with Gasteiger partial charge in [-0.25, -0.2) is 4.39 Å². The fraction of sp³-hybridized carbons (Fsp3) is 0.350. The van der Waals surface area contributed by atoms with E-state index >= 15 is 0 Å². The summed E-state index contributed by atoms with van der Waals surface area (Å²) >= 11 is 0. The molecule has 2 aromatic carbocycles. The summed E-state index contributed by atoms with van der Waals surface area (Å²) in [5, 5.41) is 19.5. The molecule has 138 valence electrons. The normalized spacial score (nSPS) is 18.4. The van der Waals surface area contributed by atoms with Gasteiger partial charge in [-0.2, -0.15) is 0 Å². The lowest BCUT2D eigenvalue weighted by atomic mass is 9.87. The molecule has 0 aromatic heterocycles. The van der Waals surface area contributed by atoms with E-state index in [2.05, 4.69) is 0 Å². The number of hydrogen-bond acceptors (Lipinski definition) is 5. The average Bonchev–Trinajstić information content (AvgIpc) is 2.63. The van der Waals surface area contributed by atoms with Crippen molar-refractivity contribution in [1.82, 2.24) is 4.90 Å². The maximum atomic E-state index is 13.1. The number of phenols is 2. The summed E-state index contributed by atoms with van der Waals surface area (Å²) in [6, 6.07) is 9.57. The van der Waals surface area contributed by atoms with Crippen LogP contribution >= 0.6 is 0 Å². The summed E-state index contributed by atoms with van der Waals surface area (Å²) < 4.78 is 13.1. The van der Waals surface area contributed by atoms with Gasteiger partial charge < -0.3 is 20.7 Å². The first-order chi connectivity index (χ1) is 12.5. The Morgan fingerprint density at radius 2 is 1.77 bits per heavy atom. The van der Waals surface area contributed by atoms with Gasteiger partial charge in [-0.05, 0) is 61.2 Å². The molecule has 0 bridgehead atoms. The van der Waals surface area contributed by atoms with E-state index in [4.69, 9.17) is 5.73 Å². The van der Waals surface area contributed by atoms with Gasteiger partial charge in [0.05, 0.1) is 12.1 Å². The van der Waals surface area contributed by atoms with Gasteiger partial charge >= 0.3 is 0 Å². The van der Waals surface area contributed by atoms with E-state index in [1.54, 1.807) is 24.3 Å². The Balaban J connectivity index is 1.67. The summed E-state index contributed by atoms with van der Waals surface area (Å²) in [5.74, 6) is -0.0345. The molecule has 2 aromatic rings. The minimum Gasteiger partial charge on any atom is -0.508 e. The zero-order chi connectivity index (χ0) is 18.7. The highest BCUT2D eigenvalue weighted by Crippen LogP contribution is 2.36. The Labute approximate surface area is 151 Å². The number of carbonyl (C=O) groups excluding carboxylic acids is 1. The first-order valence-electron chi connectivity index (χ1n) is 8.72. The van der Waals surface area contributed by atoms with Crippen molar-refractivity contribution < 1.29 is 19.4 Å². The molecule has 0 amide bonds. The molecule has 6 heteroatoms. The fourth-order valence-corrected chi connectivity index (χ4v) is 3.67. The molecule has 26 heavy (non-hydrogen) atoms. The van der Waals surface area contributed by atoms with Gasteiger partial charge in [-0.3, -0.25) is 4.90 Å². The van der Waals surface area contributed by atoms with E-state index in [1.165, 1.54) is 18.2 Å². The van der Waals surface area contributed by atoms with Crippen molar-refractivity contribution >= 4 is 6.29 Å². The van der Waals surface area contributed by atoms with Crippen molar-refractivity contribution in [3.63, 3.8) is 0 Å².